The molecule has 70 valence electrons. The van der Waals surface area contributed by atoms with Gasteiger partial charge < -0.3 is 5.32 Å². The number of ketones is 1. The molecule has 1 aromatic rings. The predicted molar refractivity (Wildman–Crippen MR) is 53.0 cm³/mol. The molecule has 1 N–H and O–H groups in total. The first-order chi connectivity index (χ1) is 6.15. The minimum Gasteiger partial charge on any atom is -0.348 e. The van der Waals surface area contributed by atoms with E-state index in [9.17, 15) is 4.79 Å². The van der Waals surface area contributed by atoms with Crippen LogP contribution in [0.4, 0.5) is 5.00 Å². The second-order valence-electron chi connectivity index (χ2n) is 2.59. The summed E-state index contributed by atoms with van der Waals surface area (Å²) in [5.74, 6) is -0.0832. The number of hydrogen-bond acceptors (Lipinski definition) is 5. The number of aromatic nitrogens is 2. The Kier molecular flexibility index (Phi) is 3.13. The van der Waals surface area contributed by atoms with Crippen molar-refractivity contribution in [3.63, 3.8) is 0 Å². The molecule has 0 aliphatic rings. The van der Waals surface area contributed by atoms with Gasteiger partial charge in [0.15, 0.2) is 11.5 Å². The second-order valence-corrected chi connectivity index (χ2v) is 3.34. The van der Waals surface area contributed by atoms with E-state index in [1.165, 1.54) is 18.5 Å². The number of rotatable bonds is 4. The van der Waals surface area contributed by atoms with Gasteiger partial charge in [0.2, 0.25) is 0 Å². The van der Waals surface area contributed by atoms with Crippen molar-refractivity contribution in [2.75, 3.05) is 5.32 Å². The third-order valence-electron chi connectivity index (χ3n) is 1.54. The maximum Gasteiger partial charge on any atom is 0.183 e. The number of carbonyl (C=O) groups is 1. The fraction of sp³-hybridized carbons (Fsp3) is 0.375. The van der Waals surface area contributed by atoms with Gasteiger partial charge in [0.25, 0.3) is 0 Å². The van der Waals surface area contributed by atoms with E-state index in [1.807, 2.05) is 6.92 Å². The van der Waals surface area contributed by atoms with Crippen LogP contribution in [-0.4, -0.2) is 15.4 Å². The monoisotopic (exact) mass is 197 g/mol. The Hall–Kier alpha value is -1.23. The van der Waals surface area contributed by atoms with Crippen molar-refractivity contribution in [1.29, 1.82) is 0 Å². The van der Waals surface area contributed by atoms with E-state index in [0.29, 0.717) is 10.7 Å². The van der Waals surface area contributed by atoms with Crippen molar-refractivity contribution < 1.29 is 4.79 Å². The van der Waals surface area contributed by atoms with Crippen LogP contribution in [0.25, 0.3) is 0 Å². The average Bonchev–Trinajstić information content (AvgIpc) is 2.52. The molecule has 1 rings (SSSR count). The highest BCUT2D eigenvalue weighted by atomic mass is 32.1. The number of nitrogens with one attached hydrogen (secondary N) is 1. The SMILES string of the molecule is C=C(CC)Nc1snnc1C(C)=O. The summed E-state index contributed by atoms with van der Waals surface area (Å²) >= 11 is 1.17. The highest BCUT2D eigenvalue weighted by Gasteiger charge is 2.11. The van der Waals surface area contributed by atoms with Crippen LogP contribution in [0.15, 0.2) is 12.3 Å². The lowest BCUT2D eigenvalue weighted by molar-refractivity contribution is 0.101. The molecule has 0 unspecified atom stereocenters. The maximum atomic E-state index is 11.0. The van der Waals surface area contributed by atoms with E-state index in [1.54, 1.807) is 0 Å². The summed E-state index contributed by atoms with van der Waals surface area (Å²) in [7, 11) is 0. The van der Waals surface area contributed by atoms with Crippen LogP contribution < -0.4 is 5.32 Å². The summed E-state index contributed by atoms with van der Waals surface area (Å²) in [5, 5.41) is 7.40. The number of Topliss-reactive ketones (excluding diaryl/α,β-unsaturated/α-hetero) is 1. The van der Waals surface area contributed by atoms with Crippen molar-refractivity contribution in [2.24, 2.45) is 0 Å². The van der Waals surface area contributed by atoms with Crippen LogP contribution >= 0.6 is 11.5 Å². The standard InChI is InChI=1S/C8H11N3OS/c1-4-5(2)9-8-7(6(3)12)10-11-13-8/h9H,2,4H2,1,3H3. The van der Waals surface area contributed by atoms with E-state index >= 15 is 0 Å². The number of hydrogen-bond donors (Lipinski definition) is 1. The van der Waals surface area contributed by atoms with Gasteiger partial charge in [0, 0.05) is 24.2 Å². The Morgan fingerprint density at radius 1 is 1.69 bits per heavy atom. The van der Waals surface area contributed by atoms with Gasteiger partial charge in [0.05, 0.1) is 0 Å². The molecular weight excluding hydrogens is 186 g/mol. The lowest BCUT2D eigenvalue weighted by Gasteiger charge is -2.03. The Labute approximate surface area is 80.8 Å². The van der Waals surface area contributed by atoms with Crippen molar-refractivity contribution in [3.8, 4) is 0 Å². The van der Waals surface area contributed by atoms with Crippen molar-refractivity contribution in [1.82, 2.24) is 9.59 Å². The molecule has 0 spiro atoms. The summed E-state index contributed by atoms with van der Waals surface area (Å²) in [4.78, 5) is 11.0. The fourth-order valence-corrected chi connectivity index (χ4v) is 1.42. The molecule has 4 nitrogen and oxygen atoms in total. The third-order valence-corrected chi connectivity index (χ3v) is 2.18. The van der Waals surface area contributed by atoms with Crippen LogP contribution in [0.5, 0.6) is 0 Å². The highest BCUT2D eigenvalue weighted by molar-refractivity contribution is 7.10. The van der Waals surface area contributed by atoms with Gasteiger partial charge in [-0.05, 0) is 6.42 Å². The zero-order chi connectivity index (χ0) is 9.84. The van der Waals surface area contributed by atoms with Gasteiger partial charge in [-0.2, -0.15) is 0 Å². The number of nitrogens with zero attached hydrogens (tertiary/aromatic N) is 2. The molecule has 0 aliphatic carbocycles. The van der Waals surface area contributed by atoms with E-state index < -0.39 is 0 Å². The summed E-state index contributed by atoms with van der Waals surface area (Å²) in [5.41, 5.74) is 1.24. The molecule has 1 aromatic heterocycles. The molecular formula is C8H11N3OS. The third kappa shape index (κ3) is 2.35. The first kappa shape index (κ1) is 9.85. The molecule has 0 aliphatic heterocycles. The van der Waals surface area contributed by atoms with E-state index in [4.69, 9.17) is 0 Å². The molecule has 0 saturated carbocycles. The fourth-order valence-electron chi connectivity index (χ4n) is 0.752. The van der Waals surface area contributed by atoms with Crippen LogP contribution in [0, 0.1) is 0 Å². The van der Waals surface area contributed by atoms with Crippen LogP contribution in [-0.2, 0) is 0 Å². The zero-order valence-corrected chi connectivity index (χ0v) is 8.44. The molecule has 0 bridgehead atoms. The van der Waals surface area contributed by atoms with E-state index in [0.717, 1.165) is 12.1 Å². The number of carbonyl (C=O) groups excluding carboxylic acids is 1. The van der Waals surface area contributed by atoms with E-state index in [-0.39, 0.29) is 5.78 Å². The molecule has 0 saturated heterocycles. The van der Waals surface area contributed by atoms with Crippen LogP contribution in [0.2, 0.25) is 0 Å². The smallest absolute Gasteiger partial charge is 0.183 e. The molecule has 0 radical (unpaired) electrons. The Balaban J connectivity index is 2.82. The lowest BCUT2D eigenvalue weighted by atomic mass is 10.3. The van der Waals surface area contributed by atoms with Gasteiger partial charge in [-0.1, -0.05) is 18.0 Å². The highest BCUT2D eigenvalue weighted by Crippen LogP contribution is 2.20. The molecule has 1 heterocycles. The molecule has 5 heteroatoms. The summed E-state index contributed by atoms with van der Waals surface area (Å²) < 4.78 is 3.70. The van der Waals surface area contributed by atoms with Gasteiger partial charge in [-0.15, -0.1) is 5.10 Å². The molecule has 0 amide bonds. The number of allylic oxidation sites excluding steroid dienone is 1. The van der Waals surface area contributed by atoms with E-state index in [2.05, 4.69) is 21.5 Å². The number of anilines is 1. The average molecular weight is 197 g/mol. The predicted octanol–water partition coefficient (Wildman–Crippen LogP) is 2.08. The van der Waals surface area contributed by atoms with Crippen molar-refractivity contribution in [3.05, 3.63) is 18.0 Å². The van der Waals surface area contributed by atoms with Crippen LogP contribution in [0.3, 0.4) is 0 Å². The van der Waals surface area contributed by atoms with Gasteiger partial charge in [0.1, 0.15) is 5.00 Å². The topological polar surface area (TPSA) is 54.9 Å². The largest absolute Gasteiger partial charge is 0.348 e. The quantitative estimate of drug-likeness (QED) is 0.751. The van der Waals surface area contributed by atoms with Crippen molar-refractivity contribution in [2.45, 2.75) is 20.3 Å². The molecule has 0 aromatic carbocycles. The summed E-state index contributed by atoms with van der Waals surface area (Å²) in [6.45, 7) is 7.23. The second kappa shape index (κ2) is 4.13. The first-order valence-electron chi connectivity index (χ1n) is 3.93. The summed E-state index contributed by atoms with van der Waals surface area (Å²) in [6, 6.07) is 0. The maximum absolute atomic E-state index is 11.0. The first-order valence-corrected chi connectivity index (χ1v) is 4.70. The molecule has 13 heavy (non-hydrogen) atoms. The van der Waals surface area contributed by atoms with Crippen LogP contribution in [0.1, 0.15) is 30.8 Å². The Morgan fingerprint density at radius 2 is 2.38 bits per heavy atom. The molecule has 0 atom stereocenters. The minimum absolute atomic E-state index is 0.0832. The van der Waals surface area contributed by atoms with Crippen molar-refractivity contribution >= 4 is 22.3 Å². The van der Waals surface area contributed by atoms with Gasteiger partial charge >= 0.3 is 0 Å². The summed E-state index contributed by atoms with van der Waals surface area (Å²) in [6.07, 6.45) is 0.815. The minimum atomic E-state index is -0.0832. The van der Waals surface area contributed by atoms with Gasteiger partial charge in [-0.25, -0.2) is 0 Å². The Morgan fingerprint density at radius 3 is 2.92 bits per heavy atom. The lowest BCUT2D eigenvalue weighted by Crippen LogP contribution is -2.01. The molecule has 0 fully saturated rings. The van der Waals surface area contributed by atoms with Gasteiger partial charge in [-0.3, -0.25) is 4.79 Å². The Bertz CT molecular complexity index is 332. The normalized spacial score (nSPS) is 9.69. The zero-order valence-electron chi connectivity index (χ0n) is 7.63.